The molecule has 1 saturated heterocycles. The van der Waals surface area contributed by atoms with Crippen LogP contribution in [0.4, 0.5) is 11.6 Å². The van der Waals surface area contributed by atoms with Gasteiger partial charge in [0.25, 0.3) is 5.91 Å². The number of anilines is 2. The minimum atomic E-state index is -0.228. The minimum Gasteiger partial charge on any atom is -0.393 e. The zero-order valence-electron chi connectivity index (χ0n) is 19.6. The van der Waals surface area contributed by atoms with Crippen molar-refractivity contribution >= 4 is 28.6 Å². The summed E-state index contributed by atoms with van der Waals surface area (Å²) >= 11 is 0. The number of hydrogen-bond donors (Lipinski definition) is 2. The maximum absolute atomic E-state index is 12.2. The average Bonchev–Trinajstić information content (AvgIpc) is 3.24. The van der Waals surface area contributed by atoms with E-state index in [0.717, 1.165) is 73.0 Å². The van der Waals surface area contributed by atoms with Crippen molar-refractivity contribution in [3.63, 3.8) is 0 Å². The lowest BCUT2D eigenvalue weighted by Gasteiger charge is -2.26. The zero-order chi connectivity index (χ0) is 23.5. The van der Waals surface area contributed by atoms with Gasteiger partial charge in [0.2, 0.25) is 5.95 Å². The molecule has 0 spiro atoms. The number of hydrogen-bond acceptors (Lipinski definition) is 7. The molecule has 2 N–H and O–H groups in total. The molecular formula is C25H32N6O3. The molecule has 5 rings (SSSR count). The topological polar surface area (TPSA) is 105 Å². The van der Waals surface area contributed by atoms with Gasteiger partial charge in [-0.15, -0.1) is 0 Å². The van der Waals surface area contributed by atoms with Crippen LogP contribution in [0.3, 0.4) is 0 Å². The van der Waals surface area contributed by atoms with E-state index < -0.39 is 0 Å². The zero-order valence-corrected chi connectivity index (χ0v) is 19.6. The summed E-state index contributed by atoms with van der Waals surface area (Å²) in [4.78, 5) is 23.3. The molecule has 2 fully saturated rings. The molecule has 180 valence electrons. The predicted molar refractivity (Wildman–Crippen MR) is 131 cm³/mol. The van der Waals surface area contributed by atoms with Crippen LogP contribution in [0, 0.1) is 0 Å². The number of benzene rings is 1. The van der Waals surface area contributed by atoms with Crippen LogP contribution in [0.5, 0.6) is 0 Å². The summed E-state index contributed by atoms with van der Waals surface area (Å²) in [5, 5.41) is 19.2. The van der Waals surface area contributed by atoms with E-state index in [9.17, 15) is 9.90 Å². The molecule has 34 heavy (non-hydrogen) atoms. The van der Waals surface area contributed by atoms with E-state index >= 15 is 0 Å². The maximum Gasteiger partial charge on any atom is 0.253 e. The largest absolute Gasteiger partial charge is 0.393 e. The van der Waals surface area contributed by atoms with Gasteiger partial charge >= 0.3 is 0 Å². The number of fused-ring (bicyclic) bond motifs is 1. The summed E-state index contributed by atoms with van der Waals surface area (Å²) in [6.07, 6.45) is 7.09. The Balaban J connectivity index is 1.49. The highest BCUT2D eigenvalue weighted by atomic mass is 16.5. The van der Waals surface area contributed by atoms with Gasteiger partial charge in [0.1, 0.15) is 12.3 Å². The smallest absolute Gasteiger partial charge is 0.253 e. The molecule has 2 aromatic heterocycles. The van der Waals surface area contributed by atoms with Gasteiger partial charge in [-0.1, -0.05) is 25.5 Å². The summed E-state index contributed by atoms with van der Waals surface area (Å²) < 4.78 is 7.27. The summed E-state index contributed by atoms with van der Waals surface area (Å²) in [5.74, 6) is 0.593. The van der Waals surface area contributed by atoms with Crippen molar-refractivity contribution in [3.05, 3.63) is 30.5 Å². The Morgan fingerprint density at radius 1 is 1.18 bits per heavy atom. The van der Waals surface area contributed by atoms with Crippen LogP contribution in [0.1, 0.15) is 51.5 Å². The standard InChI is InChI=1S/C25H32N6O3/c1-2-3-12-26-25-27-15-21-23(29-31(24(21)28-25)19-8-10-20(32)11-9-19)17-4-6-18(7-5-17)30-13-14-34-16-22(30)33/h4-7,15,19-20,32H,2-3,8-14,16H2,1H3,(H,26,27,28). The number of rotatable bonds is 7. The van der Waals surface area contributed by atoms with Gasteiger partial charge in [0, 0.05) is 30.5 Å². The number of amides is 1. The van der Waals surface area contributed by atoms with Crippen LogP contribution >= 0.6 is 0 Å². The van der Waals surface area contributed by atoms with Gasteiger partial charge in [-0.05, 0) is 44.2 Å². The number of aliphatic hydroxyl groups excluding tert-OH is 1. The van der Waals surface area contributed by atoms with Crippen LogP contribution < -0.4 is 10.2 Å². The van der Waals surface area contributed by atoms with Crippen LogP contribution in [0.15, 0.2) is 30.5 Å². The van der Waals surface area contributed by atoms with Gasteiger partial charge in [0.15, 0.2) is 5.65 Å². The number of morpholine rings is 1. The highest BCUT2D eigenvalue weighted by Crippen LogP contribution is 2.35. The minimum absolute atomic E-state index is 0.0234. The molecule has 1 amide bonds. The Kier molecular flexibility index (Phi) is 6.73. The Labute approximate surface area is 199 Å². The summed E-state index contributed by atoms with van der Waals surface area (Å²) in [6.45, 7) is 4.22. The van der Waals surface area contributed by atoms with Gasteiger partial charge in [-0.25, -0.2) is 9.67 Å². The Hall–Kier alpha value is -3.04. The number of aliphatic hydroxyl groups is 1. The number of ether oxygens (including phenoxy) is 1. The van der Waals surface area contributed by atoms with Crippen molar-refractivity contribution in [3.8, 4) is 11.3 Å². The number of aromatic nitrogens is 4. The molecule has 3 heterocycles. The van der Waals surface area contributed by atoms with E-state index in [1.165, 1.54) is 0 Å². The first-order valence-electron chi connectivity index (χ1n) is 12.3. The second kappa shape index (κ2) is 10.1. The Morgan fingerprint density at radius 2 is 1.97 bits per heavy atom. The van der Waals surface area contributed by atoms with Gasteiger partial charge in [-0.3, -0.25) is 4.79 Å². The van der Waals surface area contributed by atoms with E-state index in [1.54, 1.807) is 4.90 Å². The number of nitrogens with one attached hydrogen (secondary N) is 1. The number of unbranched alkanes of at least 4 members (excludes halogenated alkanes) is 1. The van der Waals surface area contributed by atoms with E-state index in [2.05, 4.69) is 17.2 Å². The fourth-order valence-electron chi connectivity index (χ4n) is 4.75. The number of nitrogens with zero attached hydrogens (tertiary/aromatic N) is 5. The van der Waals surface area contributed by atoms with Crippen molar-refractivity contribution in [1.29, 1.82) is 0 Å². The molecule has 2 aliphatic rings. The van der Waals surface area contributed by atoms with Crippen molar-refractivity contribution < 1.29 is 14.6 Å². The molecule has 9 nitrogen and oxygen atoms in total. The third-order valence-electron chi connectivity index (χ3n) is 6.71. The Morgan fingerprint density at radius 3 is 2.71 bits per heavy atom. The van der Waals surface area contributed by atoms with Crippen LogP contribution in [0.25, 0.3) is 22.3 Å². The SMILES string of the molecule is CCCCNc1ncc2c(-c3ccc(N4CCOCC4=O)cc3)nn(C3CCC(O)CC3)c2n1. The molecule has 1 aliphatic carbocycles. The molecule has 1 saturated carbocycles. The van der Waals surface area contributed by atoms with E-state index in [1.807, 2.05) is 35.1 Å². The first kappa shape index (κ1) is 22.7. The molecule has 3 aromatic rings. The lowest BCUT2D eigenvalue weighted by atomic mass is 9.93. The van der Waals surface area contributed by atoms with E-state index in [-0.39, 0.29) is 24.7 Å². The molecule has 9 heteroatoms. The number of carbonyl (C=O) groups excluding carboxylic acids is 1. The first-order chi connectivity index (χ1) is 16.6. The fourth-order valence-corrected chi connectivity index (χ4v) is 4.75. The predicted octanol–water partition coefficient (Wildman–Crippen LogP) is 3.54. The van der Waals surface area contributed by atoms with Crippen molar-refractivity contribution in [2.24, 2.45) is 0 Å². The monoisotopic (exact) mass is 464 g/mol. The second-order valence-electron chi connectivity index (χ2n) is 9.11. The number of carbonyl (C=O) groups is 1. The van der Waals surface area contributed by atoms with Crippen LogP contribution in [-0.4, -0.2) is 63.2 Å². The lowest BCUT2D eigenvalue weighted by molar-refractivity contribution is -0.125. The summed E-state index contributed by atoms with van der Waals surface area (Å²) in [6, 6.07) is 8.12. The summed E-state index contributed by atoms with van der Waals surface area (Å²) in [7, 11) is 0. The van der Waals surface area contributed by atoms with E-state index in [0.29, 0.717) is 19.1 Å². The van der Waals surface area contributed by atoms with Crippen molar-refractivity contribution in [1.82, 2.24) is 19.7 Å². The highest BCUT2D eigenvalue weighted by molar-refractivity contribution is 5.96. The highest BCUT2D eigenvalue weighted by Gasteiger charge is 2.26. The Bertz CT molecular complexity index is 1140. The van der Waals surface area contributed by atoms with Crippen molar-refractivity contribution in [2.75, 3.05) is 36.5 Å². The molecule has 0 radical (unpaired) electrons. The van der Waals surface area contributed by atoms with Crippen molar-refractivity contribution in [2.45, 2.75) is 57.6 Å². The summed E-state index contributed by atoms with van der Waals surface area (Å²) in [5.41, 5.74) is 3.47. The molecular weight excluding hydrogens is 432 g/mol. The van der Waals surface area contributed by atoms with E-state index in [4.69, 9.17) is 14.8 Å². The normalized spacial score (nSPS) is 21.2. The third kappa shape index (κ3) is 4.63. The lowest BCUT2D eigenvalue weighted by Crippen LogP contribution is -2.41. The molecule has 0 atom stereocenters. The first-order valence-corrected chi connectivity index (χ1v) is 12.3. The molecule has 0 bridgehead atoms. The third-order valence-corrected chi connectivity index (χ3v) is 6.71. The second-order valence-corrected chi connectivity index (χ2v) is 9.11. The molecule has 1 aliphatic heterocycles. The average molecular weight is 465 g/mol. The fraction of sp³-hybridized carbons (Fsp3) is 0.520. The van der Waals surface area contributed by atoms with Crippen LogP contribution in [0.2, 0.25) is 0 Å². The van der Waals surface area contributed by atoms with Gasteiger partial charge in [0.05, 0.1) is 24.1 Å². The quantitative estimate of drug-likeness (QED) is 0.515. The van der Waals surface area contributed by atoms with Gasteiger partial charge < -0.3 is 20.1 Å². The van der Waals surface area contributed by atoms with Gasteiger partial charge in [-0.2, -0.15) is 10.1 Å². The molecule has 0 unspecified atom stereocenters. The molecule has 1 aromatic carbocycles. The van der Waals surface area contributed by atoms with Crippen LogP contribution in [-0.2, 0) is 9.53 Å². The maximum atomic E-state index is 12.2.